The van der Waals surface area contributed by atoms with Crippen LogP contribution in [0.1, 0.15) is 36.2 Å². The van der Waals surface area contributed by atoms with Crippen molar-refractivity contribution in [2.24, 2.45) is 0 Å². The van der Waals surface area contributed by atoms with Crippen LogP contribution in [0.4, 0.5) is 11.4 Å². The molecule has 6 heteroatoms. The van der Waals surface area contributed by atoms with E-state index in [1.165, 1.54) is 0 Å². The quantitative estimate of drug-likeness (QED) is 0.455. The zero-order chi connectivity index (χ0) is 22.8. The number of benzene rings is 3. The molecule has 166 valence electrons. The van der Waals surface area contributed by atoms with Crippen LogP contribution in [0.5, 0.6) is 11.5 Å². The molecule has 0 bridgehead atoms. The van der Waals surface area contributed by atoms with Gasteiger partial charge in [0.05, 0.1) is 24.6 Å². The second-order valence-corrected chi connectivity index (χ2v) is 7.06. The first-order chi connectivity index (χ1) is 15.6. The number of carbonyl (C=O) groups excluding carboxylic acids is 2. The van der Waals surface area contributed by atoms with Crippen LogP contribution >= 0.6 is 0 Å². The Kier molecular flexibility index (Phi) is 8.26. The van der Waals surface area contributed by atoms with Crippen LogP contribution in [0.2, 0.25) is 0 Å². The Hall–Kier alpha value is -3.80. The van der Waals surface area contributed by atoms with Crippen LogP contribution in [-0.4, -0.2) is 25.0 Å². The molecule has 0 radical (unpaired) electrons. The van der Waals surface area contributed by atoms with E-state index in [0.29, 0.717) is 54.5 Å². The summed E-state index contributed by atoms with van der Waals surface area (Å²) in [5.74, 6) is 0.540. The number of carbonyl (C=O) groups is 2. The first-order valence-electron chi connectivity index (χ1n) is 10.7. The van der Waals surface area contributed by atoms with Crippen molar-refractivity contribution in [1.29, 1.82) is 0 Å². The van der Waals surface area contributed by atoms with E-state index in [0.717, 1.165) is 5.56 Å². The van der Waals surface area contributed by atoms with Gasteiger partial charge in [0.2, 0.25) is 5.91 Å². The van der Waals surface area contributed by atoms with Crippen molar-refractivity contribution >= 4 is 23.2 Å². The Morgan fingerprint density at radius 3 is 1.84 bits per heavy atom. The topological polar surface area (TPSA) is 76.7 Å². The lowest BCUT2D eigenvalue weighted by molar-refractivity contribution is -0.116. The molecule has 0 heterocycles. The fourth-order valence-electron chi connectivity index (χ4n) is 3.20. The lowest BCUT2D eigenvalue weighted by Crippen LogP contribution is -2.16. The van der Waals surface area contributed by atoms with E-state index >= 15 is 0 Å². The highest BCUT2D eigenvalue weighted by Crippen LogP contribution is 2.37. The minimum Gasteiger partial charge on any atom is -0.492 e. The van der Waals surface area contributed by atoms with Crippen molar-refractivity contribution in [3.05, 3.63) is 83.9 Å². The number of aryl methyl sites for hydroxylation is 1. The Morgan fingerprint density at radius 2 is 1.28 bits per heavy atom. The SMILES string of the molecule is CCOc1cc(NC(=O)c2ccccc2)c(OCC)cc1NC(=O)CCc1ccccc1. The van der Waals surface area contributed by atoms with Crippen molar-refractivity contribution < 1.29 is 19.1 Å². The highest BCUT2D eigenvalue weighted by Gasteiger charge is 2.17. The van der Waals surface area contributed by atoms with Crippen LogP contribution in [-0.2, 0) is 11.2 Å². The average molecular weight is 433 g/mol. The Labute approximate surface area is 188 Å². The second-order valence-electron chi connectivity index (χ2n) is 7.06. The molecule has 0 aliphatic heterocycles. The van der Waals surface area contributed by atoms with Gasteiger partial charge in [0, 0.05) is 24.1 Å². The third kappa shape index (κ3) is 6.35. The van der Waals surface area contributed by atoms with Gasteiger partial charge >= 0.3 is 0 Å². The van der Waals surface area contributed by atoms with E-state index in [1.807, 2.05) is 50.2 Å². The molecular weight excluding hydrogens is 404 g/mol. The molecule has 3 rings (SSSR count). The molecular formula is C26H28N2O4. The van der Waals surface area contributed by atoms with Crippen LogP contribution in [0.3, 0.4) is 0 Å². The van der Waals surface area contributed by atoms with Crippen molar-refractivity contribution in [2.75, 3.05) is 23.8 Å². The summed E-state index contributed by atoms with van der Waals surface area (Å²) >= 11 is 0. The summed E-state index contributed by atoms with van der Waals surface area (Å²) in [5.41, 5.74) is 2.62. The molecule has 0 spiro atoms. The van der Waals surface area contributed by atoms with E-state index in [9.17, 15) is 9.59 Å². The van der Waals surface area contributed by atoms with Crippen LogP contribution in [0, 0.1) is 0 Å². The first-order valence-corrected chi connectivity index (χ1v) is 10.7. The Balaban J connectivity index is 1.80. The van der Waals surface area contributed by atoms with Gasteiger partial charge in [0.25, 0.3) is 5.91 Å². The molecule has 0 atom stereocenters. The van der Waals surface area contributed by atoms with Gasteiger partial charge < -0.3 is 20.1 Å². The number of amides is 2. The molecule has 0 unspecified atom stereocenters. The van der Waals surface area contributed by atoms with Gasteiger partial charge in [-0.25, -0.2) is 0 Å². The van der Waals surface area contributed by atoms with Gasteiger partial charge in [0.15, 0.2) is 0 Å². The zero-order valence-corrected chi connectivity index (χ0v) is 18.4. The van der Waals surface area contributed by atoms with Gasteiger partial charge in [-0.05, 0) is 38.0 Å². The van der Waals surface area contributed by atoms with Gasteiger partial charge in [0.1, 0.15) is 11.5 Å². The molecule has 0 aliphatic carbocycles. The predicted molar refractivity (Wildman–Crippen MR) is 127 cm³/mol. The molecule has 2 N–H and O–H groups in total. The predicted octanol–water partition coefficient (Wildman–Crippen LogP) is 5.31. The van der Waals surface area contributed by atoms with E-state index in [1.54, 1.807) is 36.4 Å². The molecule has 6 nitrogen and oxygen atoms in total. The summed E-state index contributed by atoms with van der Waals surface area (Å²) in [5, 5.41) is 5.80. The van der Waals surface area contributed by atoms with Crippen molar-refractivity contribution in [1.82, 2.24) is 0 Å². The lowest BCUT2D eigenvalue weighted by atomic mass is 10.1. The van der Waals surface area contributed by atoms with Gasteiger partial charge in [-0.2, -0.15) is 0 Å². The maximum atomic E-state index is 12.6. The van der Waals surface area contributed by atoms with E-state index in [-0.39, 0.29) is 11.8 Å². The molecule has 0 saturated heterocycles. The molecule has 0 aromatic heterocycles. The summed E-state index contributed by atoms with van der Waals surface area (Å²) in [7, 11) is 0. The van der Waals surface area contributed by atoms with Crippen molar-refractivity contribution in [3.63, 3.8) is 0 Å². The van der Waals surface area contributed by atoms with E-state index in [4.69, 9.17) is 9.47 Å². The van der Waals surface area contributed by atoms with Crippen molar-refractivity contribution in [2.45, 2.75) is 26.7 Å². The smallest absolute Gasteiger partial charge is 0.255 e. The monoisotopic (exact) mass is 432 g/mol. The van der Waals surface area contributed by atoms with E-state index < -0.39 is 0 Å². The summed E-state index contributed by atoms with van der Waals surface area (Å²) < 4.78 is 11.5. The molecule has 3 aromatic carbocycles. The summed E-state index contributed by atoms with van der Waals surface area (Å²) in [6.45, 7) is 4.54. The third-order valence-corrected chi connectivity index (χ3v) is 4.72. The summed E-state index contributed by atoms with van der Waals surface area (Å²) in [6, 6.07) is 22.2. The number of rotatable bonds is 10. The fraction of sp³-hybridized carbons (Fsp3) is 0.231. The van der Waals surface area contributed by atoms with Crippen LogP contribution < -0.4 is 20.1 Å². The Bertz CT molecular complexity index is 1040. The maximum Gasteiger partial charge on any atom is 0.255 e. The summed E-state index contributed by atoms with van der Waals surface area (Å²) in [6.07, 6.45) is 0.978. The molecule has 32 heavy (non-hydrogen) atoms. The molecule has 0 fully saturated rings. The number of hydrogen-bond acceptors (Lipinski definition) is 4. The first kappa shape index (κ1) is 22.9. The fourth-order valence-corrected chi connectivity index (χ4v) is 3.20. The summed E-state index contributed by atoms with van der Waals surface area (Å²) in [4.78, 5) is 25.2. The van der Waals surface area contributed by atoms with Crippen LogP contribution in [0.25, 0.3) is 0 Å². The minimum absolute atomic E-state index is 0.127. The molecule has 2 amide bonds. The second kappa shape index (κ2) is 11.6. The molecule has 3 aromatic rings. The van der Waals surface area contributed by atoms with Gasteiger partial charge in [-0.15, -0.1) is 0 Å². The average Bonchev–Trinajstić information content (AvgIpc) is 2.82. The van der Waals surface area contributed by atoms with Crippen molar-refractivity contribution in [3.8, 4) is 11.5 Å². The normalized spacial score (nSPS) is 10.3. The minimum atomic E-state index is -0.256. The number of anilines is 2. The number of ether oxygens (including phenoxy) is 2. The number of hydrogen-bond donors (Lipinski definition) is 2. The lowest BCUT2D eigenvalue weighted by Gasteiger charge is -2.18. The molecule has 0 aliphatic rings. The standard InChI is InChI=1S/C26H28N2O4/c1-3-31-23-18-22(28-26(30)20-13-9-6-10-14-20)24(32-4-2)17-21(23)27-25(29)16-15-19-11-7-5-8-12-19/h5-14,17-18H,3-4,15-16H2,1-2H3,(H,27,29)(H,28,30). The third-order valence-electron chi connectivity index (χ3n) is 4.72. The largest absolute Gasteiger partial charge is 0.492 e. The maximum absolute atomic E-state index is 12.6. The van der Waals surface area contributed by atoms with E-state index in [2.05, 4.69) is 10.6 Å². The van der Waals surface area contributed by atoms with Gasteiger partial charge in [-0.1, -0.05) is 48.5 Å². The Morgan fingerprint density at radius 1 is 0.750 bits per heavy atom. The number of nitrogens with one attached hydrogen (secondary N) is 2. The van der Waals surface area contributed by atoms with Crippen LogP contribution in [0.15, 0.2) is 72.8 Å². The highest BCUT2D eigenvalue weighted by atomic mass is 16.5. The zero-order valence-electron chi connectivity index (χ0n) is 18.4. The molecule has 0 saturated carbocycles. The highest BCUT2D eigenvalue weighted by molar-refractivity contribution is 6.05. The van der Waals surface area contributed by atoms with Gasteiger partial charge in [-0.3, -0.25) is 9.59 Å².